The lowest BCUT2D eigenvalue weighted by molar-refractivity contribution is -0.115. The molecule has 7 heteroatoms. The first-order valence-corrected chi connectivity index (χ1v) is 7.72. The summed E-state index contributed by atoms with van der Waals surface area (Å²) < 4.78 is 5.47. The summed E-state index contributed by atoms with van der Waals surface area (Å²) in [6, 6.07) is 8.58. The van der Waals surface area contributed by atoms with Gasteiger partial charge in [0.05, 0.1) is 17.5 Å². The number of thioether (sulfide) groups is 1. The van der Waals surface area contributed by atoms with Crippen LogP contribution in [0.4, 0.5) is 5.69 Å². The molecule has 1 atom stereocenters. The Morgan fingerprint density at radius 1 is 1.41 bits per heavy atom. The Hall–Kier alpha value is -2.28. The molecule has 2 rings (SSSR count). The minimum Gasteiger partial charge on any atom is -0.492 e. The van der Waals surface area contributed by atoms with E-state index in [-0.39, 0.29) is 11.5 Å². The summed E-state index contributed by atoms with van der Waals surface area (Å²) in [4.78, 5) is 30.1. The molecule has 0 aliphatic rings. The second kappa shape index (κ2) is 7.65. The van der Waals surface area contributed by atoms with Crippen LogP contribution in [0.1, 0.15) is 13.8 Å². The van der Waals surface area contributed by atoms with Crippen LogP contribution < -0.4 is 15.6 Å². The van der Waals surface area contributed by atoms with Crippen molar-refractivity contribution in [2.24, 2.45) is 0 Å². The van der Waals surface area contributed by atoms with Crippen molar-refractivity contribution in [3.63, 3.8) is 0 Å². The summed E-state index contributed by atoms with van der Waals surface area (Å²) in [6.07, 6.45) is 1.41. The molecule has 2 N–H and O–H groups in total. The number of nitrogens with one attached hydrogen (secondary N) is 2. The summed E-state index contributed by atoms with van der Waals surface area (Å²) in [7, 11) is 0. The third-order valence-electron chi connectivity index (χ3n) is 2.75. The van der Waals surface area contributed by atoms with E-state index in [9.17, 15) is 9.59 Å². The molecule has 0 aliphatic carbocycles. The molecule has 2 aromatic rings. The van der Waals surface area contributed by atoms with Crippen LogP contribution in [-0.4, -0.2) is 27.7 Å². The molecule has 1 amide bonds. The summed E-state index contributed by atoms with van der Waals surface area (Å²) in [6.45, 7) is 4.15. The SMILES string of the molecule is CCOc1ccccc1NC(=O)[C@H](C)Sc1nccc(=O)[nH]1. The Balaban J connectivity index is 2.04. The van der Waals surface area contributed by atoms with Gasteiger partial charge in [-0.2, -0.15) is 0 Å². The molecule has 116 valence electrons. The number of carbonyl (C=O) groups is 1. The van der Waals surface area contributed by atoms with Gasteiger partial charge in [-0.1, -0.05) is 23.9 Å². The van der Waals surface area contributed by atoms with E-state index in [2.05, 4.69) is 15.3 Å². The van der Waals surface area contributed by atoms with Crippen LogP contribution in [0.3, 0.4) is 0 Å². The Morgan fingerprint density at radius 3 is 2.91 bits per heavy atom. The molecule has 22 heavy (non-hydrogen) atoms. The van der Waals surface area contributed by atoms with Gasteiger partial charge in [-0.3, -0.25) is 9.59 Å². The minimum atomic E-state index is -0.416. The number of aromatic amines is 1. The largest absolute Gasteiger partial charge is 0.492 e. The predicted octanol–water partition coefficient (Wildman–Crippen LogP) is 2.29. The lowest BCUT2D eigenvalue weighted by atomic mass is 10.3. The van der Waals surface area contributed by atoms with E-state index in [1.54, 1.807) is 19.1 Å². The van der Waals surface area contributed by atoms with Crippen molar-refractivity contribution in [2.45, 2.75) is 24.3 Å². The van der Waals surface area contributed by atoms with Crippen LogP contribution in [0.25, 0.3) is 0 Å². The second-order valence-corrected chi connectivity index (χ2v) is 5.75. The van der Waals surface area contributed by atoms with E-state index in [0.29, 0.717) is 23.2 Å². The molecule has 0 saturated heterocycles. The monoisotopic (exact) mass is 319 g/mol. The maximum atomic E-state index is 12.3. The lowest BCUT2D eigenvalue weighted by Crippen LogP contribution is -2.23. The van der Waals surface area contributed by atoms with Crippen molar-refractivity contribution < 1.29 is 9.53 Å². The number of para-hydroxylation sites is 2. The van der Waals surface area contributed by atoms with Crippen molar-refractivity contribution in [1.29, 1.82) is 0 Å². The van der Waals surface area contributed by atoms with Crippen LogP contribution in [0.2, 0.25) is 0 Å². The van der Waals surface area contributed by atoms with Crippen molar-refractivity contribution in [2.75, 3.05) is 11.9 Å². The number of amides is 1. The number of hydrogen-bond acceptors (Lipinski definition) is 5. The van der Waals surface area contributed by atoms with Gasteiger partial charge < -0.3 is 15.0 Å². The summed E-state index contributed by atoms with van der Waals surface area (Å²) in [5.41, 5.74) is 0.378. The van der Waals surface area contributed by atoms with Crippen molar-refractivity contribution in [3.8, 4) is 5.75 Å². The maximum absolute atomic E-state index is 12.3. The summed E-state index contributed by atoms with van der Waals surface area (Å²) in [5.74, 6) is 0.436. The second-order valence-electron chi connectivity index (χ2n) is 4.42. The van der Waals surface area contributed by atoms with Crippen LogP contribution in [0, 0.1) is 0 Å². The van der Waals surface area contributed by atoms with Gasteiger partial charge in [0.1, 0.15) is 5.75 Å². The van der Waals surface area contributed by atoms with Crippen LogP contribution in [-0.2, 0) is 4.79 Å². The van der Waals surface area contributed by atoms with Gasteiger partial charge in [-0.05, 0) is 26.0 Å². The van der Waals surface area contributed by atoms with Gasteiger partial charge in [0.2, 0.25) is 5.91 Å². The number of ether oxygens (including phenoxy) is 1. The third kappa shape index (κ3) is 4.36. The lowest BCUT2D eigenvalue weighted by Gasteiger charge is -2.14. The molecule has 1 heterocycles. The van der Waals surface area contributed by atoms with E-state index in [0.717, 1.165) is 0 Å². The average Bonchev–Trinajstić information content (AvgIpc) is 2.49. The number of benzene rings is 1. The van der Waals surface area contributed by atoms with Gasteiger partial charge in [0.25, 0.3) is 5.56 Å². The first-order valence-electron chi connectivity index (χ1n) is 6.85. The molecule has 0 aliphatic heterocycles. The predicted molar refractivity (Wildman–Crippen MR) is 86.4 cm³/mol. The minimum absolute atomic E-state index is 0.191. The van der Waals surface area contributed by atoms with Crippen molar-refractivity contribution in [3.05, 3.63) is 46.9 Å². The standard InChI is InChI=1S/C15H17N3O3S/c1-3-21-12-7-5-4-6-11(12)17-14(20)10(2)22-15-16-9-8-13(19)18-15/h4-10H,3H2,1-2H3,(H,17,20)(H,16,18,19)/t10-/m0/s1. The quantitative estimate of drug-likeness (QED) is 0.630. The first-order chi connectivity index (χ1) is 10.6. The molecule has 0 radical (unpaired) electrons. The third-order valence-corrected chi connectivity index (χ3v) is 3.75. The van der Waals surface area contributed by atoms with E-state index in [1.165, 1.54) is 24.0 Å². The molecule has 0 unspecified atom stereocenters. The molecule has 1 aromatic heterocycles. The average molecular weight is 319 g/mol. The molecular formula is C15H17N3O3S. The topological polar surface area (TPSA) is 84.1 Å². The zero-order valence-electron chi connectivity index (χ0n) is 12.3. The van der Waals surface area contributed by atoms with Gasteiger partial charge >= 0.3 is 0 Å². The number of H-pyrrole nitrogens is 1. The Labute approximate surface area is 132 Å². The molecule has 0 fully saturated rings. The van der Waals surface area contributed by atoms with Gasteiger partial charge in [-0.25, -0.2) is 4.98 Å². The van der Waals surface area contributed by atoms with Gasteiger partial charge in [0, 0.05) is 12.3 Å². The van der Waals surface area contributed by atoms with E-state index < -0.39 is 5.25 Å². The highest BCUT2D eigenvalue weighted by Crippen LogP contribution is 2.25. The Kier molecular flexibility index (Phi) is 5.60. The van der Waals surface area contributed by atoms with E-state index in [1.807, 2.05) is 19.1 Å². The number of aromatic nitrogens is 2. The molecule has 0 saturated carbocycles. The van der Waals surface area contributed by atoms with Crippen molar-refractivity contribution in [1.82, 2.24) is 9.97 Å². The highest BCUT2D eigenvalue weighted by Gasteiger charge is 2.17. The Bertz CT molecular complexity index is 702. The summed E-state index contributed by atoms with van der Waals surface area (Å²) >= 11 is 1.18. The number of rotatable bonds is 6. The first kappa shape index (κ1) is 16.1. The van der Waals surface area contributed by atoms with Crippen LogP contribution >= 0.6 is 11.8 Å². The number of hydrogen-bond donors (Lipinski definition) is 2. The number of nitrogens with zero attached hydrogens (tertiary/aromatic N) is 1. The smallest absolute Gasteiger partial charge is 0.251 e. The van der Waals surface area contributed by atoms with Crippen molar-refractivity contribution >= 4 is 23.4 Å². The van der Waals surface area contributed by atoms with Gasteiger partial charge in [-0.15, -0.1) is 0 Å². The van der Waals surface area contributed by atoms with E-state index >= 15 is 0 Å². The maximum Gasteiger partial charge on any atom is 0.251 e. The molecule has 6 nitrogen and oxygen atoms in total. The van der Waals surface area contributed by atoms with Crippen LogP contribution in [0.5, 0.6) is 5.75 Å². The van der Waals surface area contributed by atoms with Crippen LogP contribution in [0.15, 0.2) is 46.5 Å². The molecule has 0 bridgehead atoms. The highest BCUT2D eigenvalue weighted by molar-refractivity contribution is 8.00. The fourth-order valence-electron chi connectivity index (χ4n) is 1.72. The fourth-order valence-corrected chi connectivity index (χ4v) is 2.50. The summed E-state index contributed by atoms with van der Waals surface area (Å²) in [5, 5.41) is 2.82. The normalized spacial score (nSPS) is 11.7. The number of carbonyl (C=O) groups excluding carboxylic acids is 1. The molecule has 0 spiro atoms. The molecule has 1 aromatic carbocycles. The molecular weight excluding hydrogens is 302 g/mol. The van der Waals surface area contributed by atoms with Gasteiger partial charge in [0.15, 0.2) is 5.16 Å². The van der Waals surface area contributed by atoms with E-state index in [4.69, 9.17) is 4.74 Å². The zero-order valence-corrected chi connectivity index (χ0v) is 13.1. The zero-order chi connectivity index (χ0) is 15.9. The fraction of sp³-hybridized carbons (Fsp3) is 0.267. The highest BCUT2D eigenvalue weighted by atomic mass is 32.2. The Morgan fingerprint density at radius 2 is 2.18 bits per heavy atom. The number of anilines is 1.